The van der Waals surface area contributed by atoms with Crippen LogP contribution in [0.25, 0.3) is 0 Å². The van der Waals surface area contributed by atoms with Crippen LogP contribution in [0.1, 0.15) is 51.0 Å². The molecule has 1 aromatic rings. The third-order valence-corrected chi connectivity index (χ3v) is 5.76. The molecule has 21 heavy (non-hydrogen) atoms. The van der Waals surface area contributed by atoms with Crippen molar-refractivity contribution in [2.45, 2.75) is 57.0 Å². The van der Waals surface area contributed by atoms with E-state index in [1.807, 2.05) is 19.2 Å². The molecule has 5 nitrogen and oxygen atoms in total. The second-order valence-corrected chi connectivity index (χ2v) is 7.37. The average Bonchev–Trinajstić information content (AvgIpc) is 2.98. The SMILES string of the molecule is CC(C)(c1nccs1)N1CC(=O)NC2(CCCCC2)C1=O. The largest absolute Gasteiger partial charge is 0.340 e. The van der Waals surface area contributed by atoms with E-state index >= 15 is 0 Å². The maximum Gasteiger partial charge on any atom is 0.249 e. The second kappa shape index (κ2) is 5.09. The fraction of sp³-hybridized carbons (Fsp3) is 0.667. The molecule has 2 fully saturated rings. The smallest absolute Gasteiger partial charge is 0.249 e. The molecule has 2 aliphatic rings. The number of nitrogens with one attached hydrogen (secondary N) is 1. The predicted octanol–water partition coefficient (Wildman–Crippen LogP) is 2.04. The van der Waals surface area contributed by atoms with Gasteiger partial charge in [-0.2, -0.15) is 0 Å². The number of amides is 2. The van der Waals surface area contributed by atoms with Crippen LogP contribution >= 0.6 is 11.3 Å². The van der Waals surface area contributed by atoms with Gasteiger partial charge in [-0.05, 0) is 26.7 Å². The van der Waals surface area contributed by atoms with Gasteiger partial charge in [-0.25, -0.2) is 4.98 Å². The zero-order valence-electron chi connectivity index (χ0n) is 12.5. The van der Waals surface area contributed by atoms with E-state index in [0.717, 1.165) is 37.1 Å². The summed E-state index contributed by atoms with van der Waals surface area (Å²) in [6.07, 6.45) is 6.38. The van der Waals surface area contributed by atoms with Crippen LogP contribution in [-0.2, 0) is 15.1 Å². The molecule has 1 N–H and O–H groups in total. The molecule has 0 radical (unpaired) electrons. The normalized spacial score (nSPS) is 22.5. The number of hydrogen-bond donors (Lipinski definition) is 1. The highest BCUT2D eigenvalue weighted by Gasteiger charge is 2.51. The molecule has 6 heteroatoms. The van der Waals surface area contributed by atoms with Crippen LogP contribution in [0.5, 0.6) is 0 Å². The van der Waals surface area contributed by atoms with E-state index in [1.54, 1.807) is 11.1 Å². The van der Waals surface area contributed by atoms with Crippen molar-refractivity contribution >= 4 is 23.2 Å². The lowest BCUT2D eigenvalue weighted by molar-refractivity contribution is -0.157. The summed E-state index contributed by atoms with van der Waals surface area (Å²) in [7, 11) is 0. The number of nitrogens with zero attached hydrogens (tertiary/aromatic N) is 2. The van der Waals surface area contributed by atoms with Crippen molar-refractivity contribution in [3.8, 4) is 0 Å². The number of hydrogen-bond acceptors (Lipinski definition) is 4. The Morgan fingerprint density at radius 2 is 2.00 bits per heavy atom. The van der Waals surface area contributed by atoms with Crippen LogP contribution in [0.4, 0.5) is 0 Å². The first-order valence-electron chi connectivity index (χ1n) is 7.49. The van der Waals surface area contributed by atoms with Gasteiger partial charge in [0.1, 0.15) is 17.1 Å². The Morgan fingerprint density at radius 3 is 2.62 bits per heavy atom. The van der Waals surface area contributed by atoms with Crippen LogP contribution in [0.15, 0.2) is 11.6 Å². The molecule has 2 amide bonds. The lowest BCUT2D eigenvalue weighted by Gasteiger charge is -2.48. The van der Waals surface area contributed by atoms with E-state index < -0.39 is 11.1 Å². The Kier molecular flexibility index (Phi) is 3.51. The topological polar surface area (TPSA) is 62.3 Å². The Labute approximate surface area is 128 Å². The lowest BCUT2D eigenvalue weighted by atomic mass is 9.78. The van der Waals surface area contributed by atoms with Crippen LogP contribution in [-0.4, -0.2) is 33.8 Å². The standard InChI is InChI=1S/C15H21N3O2S/c1-14(2,12-16-8-9-21-12)18-10-11(19)17-15(13(18)20)6-4-3-5-7-15/h8-9H,3-7,10H2,1-2H3,(H,17,19). The fourth-order valence-corrected chi connectivity index (χ4v) is 4.19. The van der Waals surface area contributed by atoms with Gasteiger partial charge in [-0.3, -0.25) is 9.59 Å². The molecule has 1 spiro atoms. The first-order chi connectivity index (χ1) is 9.96. The monoisotopic (exact) mass is 307 g/mol. The number of piperazine rings is 1. The van der Waals surface area contributed by atoms with Crippen LogP contribution in [0.3, 0.4) is 0 Å². The molecule has 0 atom stereocenters. The average molecular weight is 307 g/mol. The van der Waals surface area contributed by atoms with Crippen LogP contribution in [0.2, 0.25) is 0 Å². The summed E-state index contributed by atoms with van der Waals surface area (Å²) in [5.74, 6) is 0.00290. The van der Waals surface area contributed by atoms with Crippen molar-refractivity contribution in [2.24, 2.45) is 0 Å². The summed E-state index contributed by atoms with van der Waals surface area (Å²) in [5, 5.41) is 5.76. The molecule has 1 saturated heterocycles. The molecule has 1 aromatic heterocycles. The summed E-state index contributed by atoms with van der Waals surface area (Å²) in [6, 6.07) is 0. The number of aromatic nitrogens is 1. The molecule has 2 heterocycles. The Morgan fingerprint density at radius 1 is 1.29 bits per heavy atom. The third kappa shape index (κ3) is 2.35. The van der Waals surface area contributed by atoms with Gasteiger partial charge in [0.05, 0.1) is 5.54 Å². The molecule has 114 valence electrons. The zero-order valence-corrected chi connectivity index (χ0v) is 13.3. The molecule has 1 aliphatic heterocycles. The van der Waals surface area contributed by atoms with E-state index in [0.29, 0.717) is 0 Å². The van der Waals surface area contributed by atoms with Crippen LogP contribution in [0, 0.1) is 0 Å². The quantitative estimate of drug-likeness (QED) is 0.909. The summed E-state index contributed by atoms with van der Waals surface area (Å²) >= 11 is 1.53. The van der Waals surface area contributed by atoms with Crippen molar-refractivity contribution in [1.82, 2.24) is 15.2 Å². The van der Waals surface area contributed by atoms with Gasteiger partial charge in [-0.1, -0.05) is 19.3 Å². The van der Waals surface area contributed by atoms with E-state index in [2.05, 4.69) is 10.3 Å². The van der Waals surface area contributed by atoms with Gasteiger partial charge >= 0.3 is 0 Å². The van der Waals surface area contributed by atoms with E-state index in [1.165, 1.54) is 11.3 Å². The second-order valence-electron chi connectivity index (χ2n) is 6.48. The molecule has 3 rings (SSSR count). The van der Waals surface area contributed by atoms with Gasteiger partial charge in [0, 0.05) is 11.6 Å². The highest BCUT2D eigenvalue weighted by molar-refractivity contribution is 7.09. The highest BCUT2D eigenvalue weighted by Crippen LogP contribution is 2.37. The third-order valence-electron chi connectivity index (χ3n) is 4.67. The first kappa shape index (κ1) is 14.5. The highest BCUT2D eigenvalue weighted by atomic mass is 32.1. The molecule has 0 bridgehead atoms. The molecule has 1 aliphatic carbocycles. The van der Waals surface area contributed by atoms with Crippen molar-refractivity contribution < 1.29 is 9.59 Å². The summed E-state index contributed by atoms with van der Waals surface area (Å²) < 4.78 is 0. The summed E-state index contributed by atoms with van der Waals surface area (Å²) in [6.45, 7) is 4.06. The summed E-state index contributed by atoms with van der Waals surface area (Å²) in [4.78, 5) is 31.3. The maximum absolute atomic E-state index is 13.1. The predicted molar refractivity (Wildman–Crippen MR) is 80.8 cm³/mol. The first-order valence-corrected chi connectivity index (χ1v) is 8.37. The number of thiazole rings is 1. The maximum atomic E-state index is 13.1. The van der Waals surface area contributed by atoms with Gasteiger partial charge in [-0.15, -0.1) is 11.3 Å². The van der Waals surface area contributed by atoms with Crippen molar-refractivity contribution in [3.63, 3.8) is 0 Å². The van der Waals surface area contributed by atoms with Gasteiger partial charge in [0.25, 0.3) is 0 Å². The minimum absolute atomic E-state index is 0.0545. The minimum Gasteiger partial charge on any atom is -0.340 e. The van der Waals surface area contributed by atoms with Gasteiger partial charge in [0.2, 0.25) is 11.8 Å². The van der Waals surface area contributed by atoms with Crippen molar-refractivity contribution in [1.29, 1.82) is 0 Å². The van der Waals surface area contributed by atoms with Gasteiger partial charge < -0.3 is 10.2 Å². The molecule has 1 saturated carbocycles. The van der Waals surface area contributed by atoms with Gasteiger partial charge in [0.15, 0.2) is 0 Å². The molecule has 0 unspecified atom stereocenters. The number of carbonyl (C=O) groups excluding carboxylic acids is 2. The Balaban J connectivity index is 1.94. The van der Waals surface area contributed by atoms with E-state index in [9.17, 15) is 9.59 Å². The fourth-order valence-electron chi connectivity index (χ4n) is 3.42. The summed E-state index contributed by atoms with van der Waals surface area (Å²) in [5.41, 5.74) is -1.23. The lowest BCUT2D eigenvalue weighted by Crippen LogP contribution is -2.70. The Bertz CT molecular complexity index is 547. The molecule has 0 aromatic carbocycles. The molecular formula is C15H21N3O2S. The van der Waals surface area contributed by atoms with E-state index in [4.69, 9.17) is 0 Å². The van der Waals surface area contributed by atoms with Crippen molar-refractivity contribution in [2.75, 3.05) is 6.54 Å². The minimum atomic E-state index is -0.678. The van der Waals surface area contributed by atoms with E-state index in [-0.39, 0.29) is 18.4 Å². The molecular weight excluding hydrogens is 286 g/mol. The van der Waals surface area contributed by atoms with Crippen LogP contribution < -0.4 is 5.32 Å². The zero-order chi connectivity index (χ0) is 15.1. The number of rotatable bonds is 2. The number of carbonyl (C=O) groups is 2. The van der Waals surface area contributed by atoms with Crippen molar-refractivity contribution in [3.05, 3.63) is 16.6 Å². The Hall–Kier alpha value is -1.43.